The maximum absolute atomic E-state index is 3.52. The molecule has 1 aliphatic heterocycles. The third-order valence-electron chi connectivity index (χ3n) is 3.43. The van der Waals surface area contributed by atoms with Crippen LogP contribution in [0.2, 0.25) is 0 Å². The maximum Gasteiger partial charge on any atom is -0.00171 e. The highest BCUT2D eigenvalue weighted by Gasteiger charge is 2.18. The number of aryl methyl sites for hydroxylation is 1. The summed E-state index contributed by atoms with van der Waals surface area (Å²) in [5.74, 6) is 1.67. The highest BCUT2D eigenvalue weighted by molar-refractivity contribution is 5.26. The van der Waals surface area contributed by atoms with E-state index in [1.54, 1.807) is 0 Å². The summed E-state index contributed by atoms with van der Waals surface area (Å²) in [5, 5.41) is 3.52. The zero-order chi connectivity index (χ0) is 10.7. The van der Waals surface area contributed by atoms with Gasteiger partial charge in [-0.05, 0) is 55.8 Å². The molecule has 0 aromatic heterocycles. The first-order chi connectivity index (χ1) is 7.25. The Morgan fingerprint density at radius 1 is 1.27 bits per heavy atom. The number of nitrogens with one attached hydrogen (secondary N) is 1. The summed E-state index contributed by atoms with van der Waals surface area (Å²) in [5.41, 5.74) is 2.97. The van der Waals surface area contributed by atoms with E-state index in [-0.39, 0.29) is 0 Å². The molecule has 1 saturated heterocycles. The first kappa shape index (κ1) is 10.7. The van der Waals surface area contributed by atoms with E-state index in [0.717, 1.165) is 11.8 Å². The minimum absolute atomic E-state index is 0.829. The van der Waals surface area contributed by atoms with E-state index in [2.05, 4.69) is 43.4 Å². The molecule has 82 valence electrons. The second-order valence-corrected chi connectivity index (χ2v) is 5.00. The van der Waals surface area contributed by atoms with Gasteiger partial charge in [-0.2, -0.15) is 0 Å². The van der Waals surface area contributed by atoms with Gasteiger partial charge in [0.05, 0.1) is 0 Å². The van der Waals surface area contributed by atoms with Crippen LogP contribution in [0.4, 0.5) is 0 Å². The second kappa shape index (κ2) is 4.80. The number of piperidine rings is 1. The summed E-state index contributed by atoms with van der Waals surface area (Å²) < 4.78 is 0. The predicted molar refractivity (Wildman–Crippen MR) is 65.0 cm³/mol. The lowest BCUT2D eigenvalue weighted by Gasteiger charge is -2.28. The van der Waals surface area contributed by atoms with Crippen molar-refractivity contribution < 1.29 is 0 Å². The topological polar surface area (TPSA) is 12.0 Å². The molecule has 0 aliphatic carbocycles. The van der Waals surface area contributed by atoms with E-state index in [0.29, 0.717) is 0 Å². The van der Waals surface area contributed by atoms with Gasteiger partial charge in [-0.3, -0.25) is 0 Å². The fourth-order valence-electron chi connectivity index (χ4n) is 2.58. The normalized spacial score (nSPS) is 26.5. The van der Waals surface area contributed by atoms with Gasteiger partial charge < -0.3 is 5.32 Å². The Labute approximate surface area is 92.9 Å². The Balaban J connectivity index is 1.99. The molecule has 0 spiro atoms. The molecule has 1 nitrogen and oxygen atoms in total. The van der Waals surface area contributed by atoms with Crippen molar-refractivity contribution >= 4 is 0 Å². The fourth-order valence-corrected chi connectivity index (χ4v) is 2.58. The van der Waals surface area contributed by atoms with Crippen molar-refractivity contribution in [3.63, 3.8) is 0 Å². The van der Waals surface area contributed by atoms with Crippen LogP contribution in [-0.2, 0) is 6.42 Å². The van der Waals surface area contributed by atoms with Crippen molar-refractivity contribution in [1.29, 1.82) is 0 Å². The average molecular weight is 203 g/mol. The van der Waals surface area contributed by atoms with Gasteiger partial charge in [0.15, 0.2) is 0 Å². The number of hydrogen-bond acceptors (Lipinski definition) is 1. The number of rotatable bonds is 2. The molecule has 1 N–H and O–H groups in total. The Hall–Kier alpha value is -0.820. The van der Waals surface area contributed by atoms with E-state index in [4.69, 9.17) is 0 Å². The minimum atomic E-state index is 0.829. The largest absolute Gasteiger partial charge is 0.316 e. The molecule has 1 aromatic rings. The summed E-state index contributed by atoms with van der Waals surface area (Å²) in [6.45, 7) is 6.95. The van der Waals surface area contributed by atoms with Gasteiger partial charge in [0.1, 0.15) is 0 Å². The average Bonchev–Trinajstić information content (AvgIpc) is 2.22. The summed E-state index contributed by atoms with van der Waals surface area (Å²) in [6.07, 6.45) is 2.62. The van der Waals surface area contributed by atoms with Gasteiger partial charge >= 0.3 is 0 Å². The molecule has 15 heavy (non-hydrogen) atoms. The van der Waals surface area contributed by atoms with E-state index in [9.17, 15) is 0 Å². The van der Waals surface area contributed by atoms with Crippen LogP contribution in [0.15, 0.2) is 24.3 Å². The molecule has 1 aromatic carbocycles. The molecule has 0 bridgehead atoms. The highest BCUT2D eigenvalue weighted by atomic mass is 14.9. The molecular weight excluding hydrogens is 182 g/mol. The molecule has 0 radical (unpaired) electrons. The van der Waals surface area contributed by atoms with Crippen LogP contribution < -0.4 is 5.32 Å². The summed E-state index contributed by atoms with van der Waals surface area (Å²) in [7, 11) is 0. The molecule has 2 atom stereocenters. The zero-order valence-electron chi connectivity index (χ0n) is 9.79. The smallest absolute Gasteiger partial charge is 0.00171 e. The van der Waals surface area contributed by atoms with Crippen LogP contribution in [0.1, 0.15) is 24.5 Å². The van der Waals surface area contributed by atoms with E-state index < -0.39 is 0 Å². The Kier molecular flexibility index (Phi) is 3.42. The Bertz CT molecular complexity index is 319. The quantitative estimate of drug-likeness (QED) is 0.779. The monoisotopic (exact) mass is 203 g/mol. The van der Waals surface area contributed by atoms with Crippen LogP contribution in [0.5, 0.6) is 0 Å². The molecule has 0 amide bonds. The standard InChI is InChI=1S/C14H21N/c1-11-7-13(10-15-9-11)8-14-6-4-3-5-12(14)2/h3-6,11,13,15H,7-10H2,1-2H3. The van der Waals surface area contributed by atoms with E-state index in [1.165, 1.54) is 37.1 Å². The van der Waals surface area contributed by atoms with Crippen molar-refractivity contribution in [2.24, 2.45) is 11.8 Å². The van der Waals surface area contributed by atoms with Gasteiger partial charge in [0.25, 0.3) is 0 Å². The van der Waals surface area contributed by atoms with Crippen molar-refractivity contribution in [2.75, 3.05) is 13.1 Å². The predicted octanol–water partition coefficient (Wildman–Crippen LogP) is 2.78. The van der Waals surface area contributed by atoms with Gasteiger partial charge in [-0.25, -0.2) is 0 Å². The molecule has 2 rings (SSSR count). The van der Waals surface area contributed by atoms with E-state index in [1.807, 2.05) is 0 Å². The van der Waals surface area contributed by atoms with Gasteiger partial charge in [0, 0.05) is 0 Å². The third-order valence-corrected chi connectivity index (χ3v) is 3.43. The lowest BCUT2D eigenvalue weighted by atomic mass is 9.86. The van der Waals surface area contributed by atoms with Crippen molar-refractivity contribution in [1.82, 2.24) is 5.32 Å². The van der Waals surface area contributed by atoms with Gasteiger partial charge in [-0.1, -0.05) is 31.2 Å². The van der Waals surface area contributed by atoms with Crippen LogP contribution >= 0.6 is 0 Å². The van der Waals surface area contributed by atoms with Crippen molar-refractivity contribution in [2.45, 2.75) is 26.7 Å². The van der Waals surface area contributed by atoms with Crippen LogP contribution in [-0.4, -0.2) is 13.1 Å². The Morgan fingerprint density at radius 2 is 2.07 bits per heavy atom. The molecule has 1 aliphatic rings. The fraction of sp³-hybridized carbons (Fsp3) is 0.571. The Morgan fingerprint density at radius 3 is 2.80 bits per heavy atom. The maximum atomic E-state index is 3.52. The molecule has 2 unspecified atom stereocenters. The zero-order valence-corrected chi connectivity index (χ0v) is 9.79. The molecule has 1 heteroatoms. The second-order valence-electron chi connectivity index (χ2n) is 5.00. The van der Waals surface area contributed by atoms with Crippen LogP contribution in [0, 0.1) is 18.8 Å². The van der Waals surface area contributed by atoms with Crippen molar-refractivity contribution in [3.8, 4) is 0 Å². The lowest BCUT2D eigenvalue weighted by Crippen LogP contribution is -2.36. The molecular formula is C14H21N. The molecule has 0 saturated carbocycles. The van der Waals surface area contributed by atoms with Crippen molar-refractivity contribution in [3.05, 3.63) is 35.4 Å². The number of benzene rings is 1. The van der Waals surface area contributed by atoms with Crippen LogP contribution in [0.3, 0.4) is 0 Å². The number of hydrogen-bond donors (Lipinski definition) is 1. The third kappa shape index (κ3) is 2.82. The van der Waals surface area contributed by atoms with E-state index >= 15 is 0 Å². The highest BCUT2D eigenvalue weighted by Crippen LogP contribution is 2.21. The van der Waals surface area contributed by atoms with Gasteiger partial charge in [-0.15, -0.1) is 0 Å². The first-order valence-electron chi connectivity index (χ1n) is 6.01. The first-order valence-corrected chi connectivity index (χ1v) is 6.01. The summed E-state index contributed by atoms with van der Waals surface area (Å²) in [4.78, 5) is 0. The summed E-state index contributed by atoms with van der Waals surface area (Å²) >= 11 is 0. The molecule has 1 heterocycles. The minimum Gasteiger partial charge on any atom is -0.316 e. The van der Waals surface area contributed by atoms with Crippen LogP contribution in [0.25, 0.3) is 0 Å². The summed E-state index contributed by atoms with van der Waals surface area (Å²) in [6, 6.07) is 8.77. The molecule has 1 fully saturated rings. The SMILES string of the molecule is Cc1ccccc1CC1CNCC(C)C1. The lowest BCUT2D eigenvalue weighted by molar-refractivity contribution is 0.301. The van der Waals surface area contributed by atoms with Gasteiger partial charge in [0.2, 0.25) is 0 Å².